The summed E-state index contributed by atoms with van der Waals surface area (Å²) in [5.74, 6) is -0.966. The fourth-order valence-electron chi connectivity index (χ4n) is 2.08. The molecule has 1 amide bonds. The Kier molecular flexibility index (Phi) is 3.93. The Balaban J connectivity index is 2.06. The molecule has 1 aliphatic heterocycles. The first-order valence-electron chi connectivity index (χ1n) is 5.81. The quantitative estimate of drug-likeness (QED) is 0.834. The number of nitrogens with one attached hydrogen (secondary N) is 1. The predicted molar refractivity (Wildman–Crippen MR) is 66.6 cm³/mol. The normalized spacial score (nSPS) is 20.7. The number of hydrogen-bond acceptors (Lipinski definition) is 5. The van der Waals surface area contributed by atoms with Gasteiger partial charge in [0.2, 0.25) is 10.9 Å². The van der Waals surface area contributed by atoms with Crippen molar-refractivity contribution in [3.8, 4) is 0 Å². The van der Waals surface area contributed by atoms with E-state index < -0.39 is 5.97 Å². The zero-order chi connectivity index (χ0) is 13.1. The van der Waals surface area contributed by atoms with Gasteiger partial charge in [0.15, 0.2) is 0 Å². The average Bonchev–Trinajstić information content (AvgIpc) is 2.78. The van der Waals surface area contributed by atoms with Crippen LogP contribution in [0.5, 0.6) is 0 Å². The van der Waals surface area contributed by atoms with Crippen LogP contribution in [-0.4, -0.2) is 46.0 Å². The SMILES string of the molecule is CCC1C(=O)NCCN1Cc1csc(C(=O)O)n1. The molecule has 0 aromatic carbocycles. The van der Waals surface area contributed by atoms with Gasteiger partial charge in [-0.3, -0.25) is 9.69 Å². The van der Waals surface area contributed by atoms with E-state index in [4.69, 9.17) is 5.11 Å². The lowest BCUT2D eigenvalue weighted by Crippen LogP contribution is -2.54. The number of aromatic carboxylic acids is 1. The number of rotatable bonds is 4. The molecule has 1 saturated heterocycles. The summed E-state index contributed by atoms with van der Waals surface area (Å²) >= 11 is 1.12. The van der Waals surface area contributed by atoms with Crippen molar-refractivity contribution in [1.82, 2.24) is 15.2 Å². The number of thiazole rings is 1. The lowest BCUT2D eigenvalue weighted by molar-refractivity contribution is -0.129. The molecule has 18 heavy (non-hydrogen) atoms. The highest BCUT2D eigenvalue weighted by Gasteiger charge is 2.28. The first kappa shape index (κ1) is 13.0. The Morgan fingerprint density at radius 1 is 1.72 bits per heavy atom. The summed E-state index contributed by atoms with van der Waals surface area (Å²) in [4.78, 5) is 28.5. The third-order valence-electron chi connectivity index (χ3n) is 2.93. The summed E-state index contributed by atoms with van der Waals surface area (Å²) in [5.41, 5.74) is 0.713. The number of carbonyl (C=O) groups is 2. The Labute approximate surface area is 109 Å². The minimum Gasteiger partial charge on any atom is -0.476 e. The number of carbonyl (C=O) groups excluding carboxylic acids is 1. The lowest BCUT2D eigenvalue weighted by Gasteiger charge is -2.33. The Morgan fingerprint density at radius 2 is 2.50 bits per heavy atom. The lowest BCUT2D eigenvalue weighted by atomic mass is 10.1. The topological polar surface area (TPSA) is 82.5 Å². The number of aromatic nitrogens is 1. The third kappa shape index (κ3) is 2.68. The van der Waals surface area contributed by atoms with Gasteiger partial charge in [0.25, 0.3) is 0 Å². The van der Waals surface area contributed by atoms with Gasteiger partial charge in [-0.05, 0) is 6.42 Å². The molecule has 7 heteroatoms. The molecule has 0 saturated carbocycles. The molecule has 0 spiro atoms. The molecular weight excluding hydrogens is 254 g/mol. The largest absolute Gasteiger partial charge is 0.476 e. The van der Waals surface area contributed by atoms with Crippen molar-refractivity contribution >= 4 is 23.2 Å². The maximum atomic E-state index is 11.7. The van der Waals surface area contributed by atoms with Crippen molar-refractivity contribution in [3.05, 3.63) is 16.1 Å². The van der Waals surface area contributed by atoms with E-state index >= 15 is 0 Å². The van der Waals surface area contributed by atoms with Crippen molar-refractivity contribution in [1.29, 1.82) is 0 Å². The first-order valence-corrected chi connectivity index (χ1v) is 6.69. The van der Waals surface area contributed by atoms with Crippen molar-refractivity contribution in [2.24, 2.45) is 0 Å². The molecule has 0 aliphatic carbocycles. The summed E-state index contributed by atoms with van der Waals surface area (Å²) < 4.78 is 0. The van der Waals surface area contributed by atoms with Crippen LogP contribution >= 0.6 is 11.3 Å². The first-order chi connectivity index (χ1) is 8.61. The van der Waals surface area contributed by atoms with E-state index in [9.17, 15) is 9.59 Å². The second-order valence-electron chi connectivity index (χ2n) is 4.13. The van der Waals surface area contributed by atoms with Gasteiger partial charge in [0, 0.05) is 25.0 Å². The highest BCUT2D eigenvalue weighted by Crippen LogP contribution is 2.16. The highest BCUT2D eigenvalue weighted by atomic mass is 32.1. The summed E-state index contributed by atoms with van der Waals surface area (Å²) in [5, 5.41) is 13.5. The van der Waals surface area contributed by atoms with Crippen LogP contribution in [0.1, 0.15) is 28.8 Å². The van der Waals surface area contributed by atoms with Gasteiger partial charge in [-0.2, -0.15) is 0 Å². The van der Waals surface area contributed by atoms with Gasteiger partial charge < -0.3 is 10.4 Å². The fourth-order valence-corrected chi connectivity index (χ4v) is 2.73. The van der Waals surface area contributed by atoms with Gasteiger partial charge in [-0.15, -0.1) is 11.3 Å². The number of nitrogens with zero attached hydrogens (tertiary/aromatic N) is 2. The molecule has 1 fully saturated rings. The van der Waals surface area contributed by atoms with Crippen LogP contribution in [0.4, 0.5) is 0 Å². The summed E-state index contributed by atoms with van der Waals surface area (Å²) in [6.45, 7) is 3.89. The van der Waals surface area contributed by atoms with Crippen LogP contribution in [0.3, 0.4) is 0 Å². The minimum atomic E-state index is -1.00. The number of hydrogen-bond donors (Lipinski definition) is 2. The zero-order valence-corrected chi connectivity index (χ0v) is 10.9. The van der Waals surface area contributed by atoms with E-state index in [-0.39, 0.29) is 17.0 Å². The maximum absolute atomic E-state index is 11.7. The zero-order valence-electron chi connectivity index (χ0n) is 10.0. The average molecular weight is 269 g/mol. The molecule has 2 rings (SSSR count). The number of carboxylic acid groups (broad SMARTS) is 1. The molecular formula is C11H15N3O3S. The number of amides is 1. The molecule has 6 nitrogen and oxygen atoms in total. The van der Waals surface area contributed by atoms with E-state index in [1.165, 1.54) is 0 Å². The summed E-state index contributed by atoms with van der Waals surface area (Å²) in [6.07, 6.45) is 0.738. The Bertz CT molecular complexity index is 460. The van der Waals surface area contributed by atoms with E-state index in [1.807, 2.05) is 11.8 Å². The van der Waals surface area contributed by atoms with Crippen molar-refractivity contribution in [3.63, 3.8) is 0 Å². The van der Waals surface area contributed by atoms with Crippen molar-refractivity contribution < 1.29 is 14.7 Å². The summed E-state index contributed by atoms with van der Waals surface area (Å²) in [6, 6.07) is -0.145. The second kappa shape index (κ2) is 5.45. The molecule has 2 heterocycles. The standard InChI is InChI=1S/C11H15N3O3S/c1-2-8-9(15)12-3-4-14(8)5-7-6-18-10(13-7)11(16)17/h6,8H,2-5H2,1H3,(H,12,15)(H,16,17). The van der Waals surface area contributed by atoms with Gasteiger partial charge in [-0.25, -0.2) is 9.78 Å². The van der Waals surface area contributed by atoms with E-state index in [2.05, 4.69) is 10.3 Å². The van der Waals surface area contributed by atoms with Crippen LogP contribution in [0, 0.1) is 0 Å². The minimum absolute atomic E-state index is 0.0393. The Hall–Kier alpha value is -1.47. The molecule has 1 atom stereocenters. The molecule has 1 aromatic heterocycles. The molecule has 1 aliphatic rings. The highest BCUT2D eigenvalue weighted by molar-refractivity contribution is 7.11. The van der Waals surface area contributed by atoms with Crippen molar-refractivity contribution in [2.75, 3.05) is 13.1 Å². The van der Waals surface area contributed by atoms with Crippen LogP contribution in [0.15, 0.2) is 5.38 Å². The van der Waals surface area contributed by atoms with E-state index in [0.717, 1.165) is 24.3 Å². The van der Waals surface area contributed by atoms with Crippen LogP contribution in [-0.2, 0) is 11.3 Å². The van der Waals surface area contributed by atoms with Crippen molar-refractivity contribution in [2.45, 2.75) is 25.9 Å². The van der Waals surface area contributed by atoms with E-state index in [0.29, 0.717) is 18.8 Å². The van der Waals surface area contributed by atoms with Crippen LogP contribution < -0.4 is 5.32 Å². The molecule has 98 valence electrons. The Morgan fingerprint density at radius 3 is 3.11 bits per heavy atom. The molecule has 0 bridgehead atoms. The van der Waals surface area contributed by atoms with Crippen LogP contribution in [0.2, 0.25) is 0 Å². The van der Waals surface area contributed by atoms with E-state index in [1.54, 1.807) is 5.38 Å². The summed E-state index contributed by atoms with van der Waals surface area (Å²) in [7, 11) is 0. The van der Waals surface area contributed by atoms with Gasteiger partial charge in [0.05, 0.1) is 11.7 Å². The number of carboxylic acids is 1. The second-order valence-corrected chi connectivity index (χ2v) is 4.99. The van der Waals surface area contributed by atoms with Crippen LogP contribution in [0.25, 0.3) is 0 Å². The number of piperazine rings is 1. The predicted octanol–water partition coefficient (Wildman–Crippen LogP) is 0.552. The smallest absolute Gasteiger partial charge is 0.365 e. The third-order valence-corrected chi connectivity index (χ3v) is 3.81. The maximum Gasteiger partial charge on any atom is 0.365 e. The van der Waals surface area contributed by atoms with Gasteiger partial charge in [-0.1, -0.05) is 6.92 Å². The molecule has 1 unspecified atom stereocenters. The van der Waals surface area contributed by atoms with Gasteiger partial charge in [0.1, 0.15) is 0 Å². The molecule has 2 N–H and O–H groups in total. The monoisotopic (exact) mass is 269 g/mol. The van der Waals surface area contributed by atoms with Gasteiger partial charge >= 0.3 is 5.97 Å². The molecule has 0 radical (unpaired) electrons. The molecule has 1 aromatic rings. The fraction of sp³-hybridized carbons (Fsp3) is 0.545.